The van der Waals surface area contributed by atoms with Crippen LogP contribution in [0.2, 0.25) is 10.0 Å². The van der Waals surface area contributed by atoms with Crippen molar-refractivity contribution in [3.05, 3.63) is 63.1 Å². The summed E-state index contributed by atoms with van der Waals surface area (Å²) in [5.41, 5.74) is 2.89. The first kappa shape index (κ1) is 17.6. The lowest BCUT2D eigenvalue weighted by Gasteiger charge is -2.17. The molecule has 0 saturated carbocycles. The molecule has 0 aliphatic heterocycles. The molecule has 0 aliphatic rings. The number of benzene rings is 2. The Morgan fingerprint density at radius 3 is 2.61 bits per heavy atom. The van der Waals surface area contributed by atoms with Crippen LogP contribution >= 0.6 is 23.2 Å². The fourth-order valence-electron chi connectivity index (χ4n) is 2.07. The van der Waals surface area contributed by atoms with Gasteiger partial charge in [-0.15, -0.1) is 0 Å². The van der Waals surface area contributed by atoms with Gasteiger partial charge in [0.1, 0.15) is 5.75 Å². The summed E-state index contributed by atoms with van der Waals surface area (Å²) in [5, 5.41) is 3.92. The maximum Gasteiger partial charge on any atom is 0.261 e. The monoisotopic (exact) mass is 351 g/mol. The molecule has 2 aromatic carbocycles. The van der Waals surface area contributed by atoms with Crippen molar-refractivity contribution in [1.29, 1.82) is 0 Å². The number of aryl methyl sites for hydroxylation is 2. The second-order valence-corrected chi connectivity index (χ2v) is 6.33. The van der Waals surface area contributed by atoms with Gasteiger partial charge in [0, 0.05) is 16.6 Å². The predicted octanol–water partition coefficient (Wildman–Crippen LogP) is 4.69. The second kappa shape index (κ2) is 7.71. The lowest BCUT2D eigenvalue weighted by atomic mass is 10.1. The SMILES string of the molecule is Cc1ccc(C)c(O[C@H](C)C(=O)NCc2ccc(Cl)cc2Cl)c1. The molecule has 2 aromatic rings. The second-order valence-electron chi connectivity index (χ2n) is 5.48. The first-order valence-electron chi connectivity index (χ1n) is 7.32. The molecular weight excluding hydrogens is 333 g/mol. The molecule has 0 saturated heterocycles. The first-order chi connectivity index (χ1) is 10.9. The van der Waals surface area contributed by atoms with Crippen molar-refractivity contribution in [1.82, 2.24) is 5.32 Å². The van der Waals surface area contributed by atoms with Crippen molar-refractivity contribution in [3.63, 3.8) is 0 Å². The third kappa shape index (κ3) is 4.88. The summed E-state index contributed by atoms with van der Waals surface area (Å²) < 4.78 is 5.76. The zero-order chi connectivity index (χ0) is 17.0. The minimum absolute atomic E-state index is 0.197. The Labute approximate surface area is 146 Å². The van der Waals surface area contributed by atoms with Crippen molar-refractivity contribution in [2.75, 3.05) is 0 Å². The van der Waals surface area contributed by atoms with Gasteiger partial charge >= 0.3 is 0 Å². The van der Waals surface area contributed by atoms with Gasteiger partial charge in [-0.1, -0.05) is 41.4 Å². The Kier molecular flexibility index (Phi) is 5.91. The van der Waals surface area contributed by atoms with Gasteiger partial charge in [0.25, 0.3) is 5.91 Å². The average Bonchev–Trinajstić information content (AvgIpc) is 2.49. The van der Waals surface area contributed by atoms with Crippen molar-refractivity contribution in [2.45, 2.75) is 33.4 Å². The molecular formula is C18H19Cl2NO2. The van der Waals surface area contributed by atoms with Crippen LogP contribution in [0.3, 0.4) is 0 Å². The molecule has 1 amide bonds. The Morgan fingerprint density at radius 1 is 1.17 bits per heavy atom. The van der Waals surface area contributed by atoms with Crippen LogP contribution in [0.4, 0.5) is 0 Å². The lowest BCUT2D eigenvalue weighted by Crippen LogP contribution is -2.36. The van der Waals surface area contributed by atoms with Crippen molar-refractivity contribution >= 4 is 29.1 Å². The van der Waals surface area contributed by atoms with E-state index in [0.29, 0.717) is 16.6 Å². The Morgan fingerprint density at radius 2 is 1.91 bits per heavy atom. The predicted molar refractivity (Wildman–Crippen MR) is 94.3 cm³/mol. The fourth-order valence-corrected chi connectivity index (χ4v) is 2.54. The molecule has 122 valence electrons. The maximum absolute atomic E-state index is 12.2. The van der Waals surface area contributed by atoms with Crippen molar-refractivity contribution in [3.8, 4) is 5.75 Å². The van der Waals surface area contributed by atoms with E-state index in [1.54, 1.807) is 25.1 Å². The number of amides is 1. The van der Waals surface area contributed by atoms with Crippen LogP contribution in [0.5, 0.6) is 5.75 Å². The number of carbonyl (C=O) groups excluding carboxylic acids is 1. The van der Waals surface area contributed by atoms with E-state index in [1.807, 2.05) is 32.0 Å². The van der Waals surface area contributed by atoms with E-state index in [1.165, 1.54) is 0 Å². The van der Waals surface area contributed by atoms with Gasteiger partial charge < -0.3 is 10.1 Å². The molecule has 0 aromatic heterocycles. The molecule has 0 unspecified atom stereocenters. The molecule has 0 bridgehead atoms. The summed E-state index contributed by atoms with van der Waals surface area (Å²) in [7, 11) is 0. The number of halogens is 2. The molecule has 0 fully saturated rings. The van der Waals surface area contributed by atoms with E-state index in [0.717, 1.165) is 22.4 Å². The molecule has 23 heavy (non-hydrogen) atoms. The summed E-state index contributed by atoms with van der Waals surface area (Å²) >= 11 is 11.9. The number of hydrogen-bond donors (Lipinski definition) is 1. The van der Waals surface area contributed by atoms with Crippen LogP contribution in [0.1, 0.15) is 23.6 Å². The minimum Gasteiger partial charge on any atom is -0.481 e. The van der Waals surface area contributed by atoms with Crippen LogP contribution in [-0.2, 0) is 11.3 Å². The van der Waals surface area contributed by atoms with Crippen molar-refractivity contribution < 1.29 is 9.53 Å². The summed E-state index contributed by atoms with van der Waals surface area (Å²) in [6, 6.07) is 11.1. The highest BCUT2D eigenvalue weighted by molar-refractivity contribution is 6.35. The van der Waals surface area contributed by atoms with Crippen LogP contribution in [0, 0.1) is 13.8 Å². The molecule has 1 N–H and O–H groups in total. The third-order valence-corrected chi connectivity index (χ3v) is 4.07. The van der Waals surface area contributed by atoms with Gasteiger partial charge in [0.2, 0.25) is 0 Å². The summed E-state index contributed by atoms with van der Waals surface area (Å²) in [4.78, 5) is 12.2. The van der Waals surface area contributed by atoms with E-state index < -0.39 is 6.10 Å². The van der Waals surface area contributed by atoms with Crippen LogP contribution < -0.4 is 10.1 Å². The van der Waals surface area contributed by atoms with E-state index in [9.17, 15) is 4.79 Å². The molecule has 5 heteroatoms. The molecule has 0 heterocycles. The molecule has 0 aliphatic carbocycles. The normalized spacial score (nSPS) is 11.9. The number of ether oxygens (including phenoxy) is 1. The van der Waals surface area contributed by atoms with E-state index in [4.69, 9.17) is 27.9 Å². The molecule has 0 spiro atoms. The fraction of sp³-hybridized carbons (Fsp3) is 0.278. The summed E-state index contributed by atoms with van der Waals surface area (Å²) in [5.74, 6) is 0.522. The largest absolute Gasteiger partial charge is 0.481 e. The molecule has 0 radical (unpaired) electrons. The highest BCUT2D eigenvalue weighted by Crippen LogP contribution is 2.22. The number of carbonyl (C=O) groups is 1. The van der Waals surface area contributed by atoms with Crippen LogP contribution in [-0.4, -0.2) is 12.0 Å². The van der Waals surface area contributed by atoms with Gasteiger partial charge in [0.15, 0.2) is 6.10 Å². The van der Waals surface area contributed by atoms with Gasteiger partial charge in [-0.3, -0.25) is 4.79 Å². The van der Waals surface area contributed by atoms with E-state index >= 15 is 0 Å². The third-order valence-electron chi connectivity index (χ3n) is 3.48. The number of nitrogens with one attached hydrogen (secondary N) is 1. The molecule has 2 rings (SSSR count). The highest BCUT2D eigenvalue weighted by atomic mass is 35.5. The zero-order valence-electron chi connectivity index (χ0n) is 13.3. The van der Waals surface area contributed by atoms with Crippen LogP contribution in [0.25, 0.3) is 0 Å². The van der Waals surface area contributed by atoms with Gasteiger partial charge in [-0.25, -0.2) is 0 Å². The Bertz CT molecular complexity index is 716. The van der Waals surface area contributed by atoms with Crippen molar-refractivity contribution in [2.24, 2.45) is 0 Å². The van der Waals surface area contributed by atoms with Gasteiger partial charge in [-0.05, 0) is 55.7 Å². The Hall–Kier alpha value is -1.71. The molecule has 3 nitrogen and oxygen atoms in total. The van der Waals surface area contributed by atoms with Gasteiger partial charge in [-0.2, -0.15) is 0 Å². The quantitative estimate of drug-likeness (QED) is 0.848. The average molecular weight is 352 g/mol. The minimum atomic E-state index is -0.596. The highest BCUT2D eigenvalue weighted by Gasteiger charge is 2.16. The standard InChI is InChI=1S/C18H19Cl2NO2/c1-11-4-5-12(2)17(8-11)23-13(3)18(22)21-10-14-6-7-15(19)9-16(14)20/h4-9,13H,10H2,1-3H3,(H,21,22)/t13-/m1/s1. The smallest absolute Gasteiger partial charge is 0.261 e. The molecule has 1 atom stereocenters. The Balaban J connectivity index is 1.96. The van der Waals surface area contributed by atoms with E-state index in [2.05, 4.69) is 5.32 Å². The van der Waals surface area contributed by atoms with Gasteiger partial charge in [0.05, 0.1) is 0 Å². The number of hydrogen-bond acceptors (Lipinski definition) is 2. The summed E-state index contributed by atoms with van der Waals surface area (Å²) in [6.45, 7) is 5.99. The zero-order valence-corrected chi connectivity index (χ0v) is 14.8. The van der Waals surface area contributed by atoms with Crippen LogP contribution in [0.15, 0.2) is 36.4 Å². The summed E-state index contributed by atoms with van der Waals surface area (Å²) in [6.07, 6.45) is -0.596. The topological polar surface area (TPSA) is 38.3 Å². The van der Waals surface area contributed by atoms with E-state index in [-0.39, 0.29) is 5.91 Å². The number of rotatable bonds is 5. The lowest BCUT2D eigenvalue weighted by molar-refractivity contribution is -0.127. The maximum atomic E-state index is 12.2. The first-order valence-corrected chi connectivity index (χ1v) is 8.08.